The van der Waals surface area contributed by atoms with Gasteiger partial charge in [0.05, 0.1) is 33.0 Å². The van der Waals surface area contributed by atoms with Gasteiger partial charge in [0.25, 0.3) is 5.91 Å². The highest BCUT2D eigenvalue weighted by atomic mass is 35.5. The number of hydrogen-bond donors (Lipinski definition) is 0. The predicted octanol–water partition coefficient (Wildman–Crippen LogP) is 3.47. The third kappa shape index (κ3) is 5.62. The Labute approximate surface area is 181 Å². The smallest absolute Gasteiger partial charge is 0.257 e. The summed E-state index contributed by atoms with van der Waals surface area (Å²) in [6.45, 7) is 4.38. The van der Waals surface area contributed by atoms with Gasteiger partial charge in [0.15, 0.2) is 11.5 Å². The maximum Gasteiger partial charge on any atom is 0.257 e. The highest BCUT2D eigenvalue weighted by molar-refractivity contribution is 6.31. The fourth-order valence-corrected chi connectivity index (χ4v) is 3.54. The molecule has 3 rings (SSSR count). The number of morpholine rings is 1. The van der Waals surface area contributed by atoms with Crippen LogP contribution in [-0.4, -0.2) is 69.3 Å². The largest absolute Gasteiger partial charge is 0.493 e. The third-order valence-electron chi connectivity index (χ3n) is 5.06. The fraction of sp³-hybridized carbons (Fsp3) is 0.409. The summed E-state index contributed by atoms with van der Waals surface area (Å²) in [6, 6.07) is 9.49. The van der Waals surface area contributed by atoms with E-state index in [9.17, 15) is 9.18 Å². The summed E-state index contributed by atoms with van der Waals surface area (Å²) in [4.78, 5) is 17.1. The Morgan fingerprint density at radius 2 is 1.87 bits per heavy atom. The van der Waals surface area contributed by atoms with Gasteiger partial charge < -0.3 is 19.1 Å². The first-order chi connectivity index (χ1) is 14.5. The van der Waals surface area contributed by atoms with Gasteiger partial charge in [-0.15, -0.1) is 0 Å². The number of nitrogens with zero attached hydrogens (tertiary/aromatic N) is 2. The molecular weight excluding hydrogens is 411 g/mol. The molecule has 1 fully saturated rings. The number of benzene rings is 2. The monoisotopic (exact) mass is 436 g/mol. The second kappa shape index (κ2) is 10.6. The Hall–Kier alpha value is -2.35. The molecule has 0 N–H and O–H groups in total. The lowest BCUT2D eigenvalue weighted by molar-refractivity contribution is 0.0319. The van der Waals surface area contributed by atoms with Gasteiger partial charge in [-0.3, -0.25) is 9.69 Å². The number of carbonyl (C=O) groups is 1. The standard InChI is InChI=1S/C22H26ClFN2O4/c1-28-20-6-3-16(13-21(20)29-2)15-26(8-7-25-9-11-30-12-10-25)22(27)18-14-17(23)4-5-19(18)24/h3-6,13-14H,7-12,15H2,1-2H3. The van der Waals surface area contributed by atoms with Crippen LogP contribution in [0.4, 0.5) is 4.39 Å². The molecular formula is C22H26ClFN2O4. The molecule has 1 aliphatic heterocycles. The average molecular weight is 437 g/mol. The molecule has 1 saturated heterocycles. The van der Waals surface area contributed by atoms with E-state index in [0.29, 0.717) is 49.4 Å². The number of halogens is 2. The van der Waals surface area contributed by atoms with E-state index < -0.39 is 11.7 Å². The molecule has 0 bridgehead atoms. The molecule has 6 nitrogen and oxygen atoms in total. The number of methoxy groups -OCH3 is 2. The van der Waals surface area contributed by atoms with Crippen LogP contribution in [0.1, 0.15) is 15.9 Å². The van der Waals surface area contributed by atoms with Gasteiger partial charge in [-0.05, 0) is 35.9 Å². The highest BCUT2D eigenvalue weighted by Gasteiger charge is 2.22. The highest BCUT2D eigenvalue weighted by Crippen LogP contribution is 2.28. The second-order valence-corrected chi connectivity index (χ2v) is 7.43. The van der Waals surface area contributed by atoms with Gasteiger partial charge in [-0.1, -0.05) is 17.7 Å². The zero-order valence-corrected chi connectivity index (χ0v) is 18.0. The summed E-state index contributed by atoms with van der Waals surface area (Å²) in [5, 5.41) is 0.319. The SMILES string of the molecule is COc1ccc(CN(CCN2CCOCC2)C(=O)c2cc(Cl)ccc2F)cc1OC. The van der Waals surface area contributed by atoms with Gasteiger partial charge in [-0.25, -0.2) is 4.39 Å². The number of ether oxygens (including phenoxy) is 3. The third-order valence-corrected chi connectivity index (χ3v) is 5.29. The van der Waals surface area contributed by atoms with Crippen molar-refractivity contribution in [2.75, 3.05) is 53.6 Å². The Kier molecular flexibility index (Phi) is 7.90. The van der Waals surface area contributed by atoms with Crippen molar-refractivity contribution in [2.45, 2.75) is 6.54 Å². The number of rotatable bonds is 8. The van der Waals surface area contributed by atoms with E-state index in [0.717, 1.165) is 18.7 Å². The van der Waals surface area contributed by atoms with Crippen LogP contribution in [0.2, 0.25) is 5.02 Å². The van der Waals surface area contributed by atoms with Gasteiger partial charge in [0.2, 0.25) is 0 Å². The van der Waals surface area contributed by atoms with Crippen LogP contribution in [0, 0.1) is 5.82 Å². The molecule has 2 aromatic carbocycles. The molecule has 8 heteroatoms. The predicted molar refractivity (Wildman–Crippen MR) is 113 cm³/mol. The van der Waals surface area contributed by atoms with E-state index in [1.54, 1.807) is 25.2 Å². The van der Waals surface area contributed by atoms with Crippen molar-refractivity contribution >= 4 is 17.5 Å². The van der Waals surface area contributed by atoms with E-state index >= 15 is 0 Å². The fourth-order valence-electron chi connectivity index (χ4n) is 3.37. The summed E-state index contributed by atoms with van der Waals surface area (Å²) in [5.41, 5.74) is 0.815. The van der Waals surface area contributed by atoms with E-state index in [1.807, 2.05) is 12.1 Å². The molecule has 0 atom stereocenters. The van der Waals surface area contributed by atoms with Crippen LogP contribution in [0.3, 0.4) is 0 Å². The Morgan fingerprint density at radius 3 is 2.57 bits per heavy atom. The average Bonchev–Trinajstić information content (AvgIpc) is 2.78. The number of carbonyl (C=O) groups excluding carboxylic acids is 1. The Balaban J connectivity index is 1.82. The first kappa shape index (κ1) is 22.3. The molecule has 0 radical (unpaired) electrons. The van der Waals surface area contributed by atoms with E-state index in [2.05, 4.69) is 4.90 Å². The van der Waals surface area contributed by atoms with Crippen molar-refractivity contribution in [1.82, 2.24) is 9.80 Å². The van der Waals surface area contributed by atoms with Crippen molar-refractivity contribution in [3.63, 3.8) is 0 Å². The number of hydrogen-bond acceptors (Lipinski definition) is 5. The normalized spacial score (nSPS) is 14.4. The maximum atomic E-state index is 14.4. The summed E-state index contributed by atoms with van der Waals surface area (Å²) in [6.07, 6.45) is 0. The van der Waals surface area contributed by atoms with Crippen LogP contribution >= 0.6 is 11.6 Å². The van der Waals surface area contributed by atoms with Crippen LogP contribution in [-0.2, 0) is 11.3 Å². The molecule has 2 aromatic rings. The summed E-state index contributed by atoms with van der Waals surface area (Å²) >= 11 is 6.01. The van der Waals surface area contributed by atoms with Crippen molar-refractivity contribution in [1.29, 1.82) is 0 Å². The Morgan fingerprint density at radius 1 is 1.13 bits per heavy atom. The van der Waals surface area contributed by atoms with Crippen LogP contribution in [0.25, 0.3) is 0 Å². The van der Waals surface area contributed by atoms with E-state index in [4.69, 9.17) is 25.8 Å². The quantitative estimate of drug-likeness (QED) is 0.634. The van der Waals surface area contributed by atoms with Crippen LogP contribution in [0.5, 0.6) is 11.5 Å². The summed E-state index contributed by atoms with van der Waals surface area (Å²) in [7, 11) is 3.13. The lowest BCUT2D eigenvalue weighted by Gasteiger charge is -2.30. The zero-order valence-electron chi connectivity index (χ0n) is 17.2. The van der Waals surface area contributed by atoms with Gasteiger partial charge in [0, 0.05) is 37.7 Å². The molecule has 0 unspecified atom stereocenters. The molecule has 1 heterocycles. The first-order valence-corrected chi connectivity index (χ1v) is 10.1. The van der Waals surface area contributed by atoms with Crippen molar-refractivity contribution < 1.29 is 23.4 Å². The molecule has 0 spiro atoms. The topological polar surface area (TPSA) is 51.2 Å². The molecule has 162 valence electrons. The minimum atomic E-state index is -0.590. The molecule has 1 aliphatic rings. The van der Waals surface area contributed by atoms with Gasteiger partial charge in [-0.2, -0.15) is 0 Å². The van der Waals surface area contributed by atoms with E-state index in [-0.39, 0.29) is 5.56 Å². The summed E-state index contributed by atoms with van der Waals surface area (Å²) in [5.74, 6) is 0.184. The molecule has 0 aromatic heterocycles. The molecule has 1 amide bonds. The van der Waals surface area contributed by atoms with Gasteiger partial charge in [0.1, 0.15) is 5.82 Å². The minimum Gasteiger partial charge on any atom is -0.493 e. The zero-order chi connectivity index (χ0) is 21.5. The molecule has 0 saturated carbocycles. The van der Waals surface area contributed by atoms with Crippen molar-refractivity contribution in [3.05, 3.63) is 58.4 Å². The lowest BCUT2D eigenvalue weighted by atomic mass is 10.1. The summed E-state index contributed by atoms with van der Waals surface area (Å²) < 4.78 is 30.4. The number of amides is 1. The van der Waals surface area contributed by atoms with E-state index in [1.165, 1.54) is 18.2 Å². The van der Waals surface area contributed by atoms with Crippen LogP contribution < -0.4 is 9.47 Å². The second-order valence-electron chi connectivity index (χ2n) is 6.99. The van der Waals surface area contributed by atoms with Crippen LogP contribution in [0.15, 0.2) is 36.4 Å². The molecule has 0 aliphatic carbocycles. The first-order valence-electron chi connectivity index (χ1n) is 9.77. The van der Waals surface area contributed by atoms with Gasteiger partial charge >= 0.3 is 0 Å². The van der Waals surface area contributed by atoms with Crippen molar-refractivity contribution in [3.8, 4) is 11.5 Å². The maximum absolute atomic E-state index is 14.4. The minimum absolute atomic E-state index is 0.0371. The Bertz CT molecular complexity index is 874. The molecule has 30 heavy (non-hydrogen) atoms. The van der Waals surface area contributed by atoms with Crippen molar-refractivity contribution in [2.24, 2.45) is 0 Å². The lowest BCUT2D eigenvalue weighted by Crippen LogP contribution is -2.43.